The van der Waals surface area contributed by atoms with E-state index in [1.807, 2.05) is 0 Å². The zero-order chi connectivity index (χ0) is 12.0. The van der Waals surface area contributed by atoms with Gasteiger partial charge in [0.05, 0.1) is 18.3 Å². The van der Waals surface area contributed by atoms with Gasteiger partial charge in [0, 0.05) is 0 Å². The second-order valence-electron chi connectivity index (χ2n) is 6.12. The molecule has 4 bridgehead atoms. The molecule has 0 atom stereocenters. The molecule has 0 radical (unpaired) electrons. The van der Waals surface area contributed by atoms with Crippen LogP contribution in [-0.4, -0.2) is 23.8 Å². The average molecular weight is 236 g/mol. The molecule has 4 aliphatic carbocycles. The Kier molecular flexibility index (Phi) is 2.74. The summed E-state index contributed by atoms with van der Waals surface area (Å²) < 4.78 is 5.86. The SMILES string of the molecule is C=C(COC1C2CC3CC(C2)CC1C3)C(=O)O. The fourth-order valence-corrected chi connectivity index (χ4v) is 4.41. The molecule has 3 heteroatoms. The van der Waals surface area contributed by atoms with Crippen LogP contribution in [0.15, 0.2) is 12.2 Å². The van der Waals surface area contributed by atoms with E-state index >= 15 is 0 Å². The van der Waals surface area contributed by atoms with Crippen molar-refractivity contribution in [2.45, 2.75) is 38.2 Å². The van der Waals surface area contributed by atoms with Crippen LogP contribution in [0.5, 0.6) is 0 Å². The maximum absolute atomic E-state index is 10.7. The molecular weight excluding hydrogens is 216 g/mol. The van der Waals surface area contributed by atoms with Crippen molar-refractivity contribution in [3.8, 4) is 0 Å². The van der Waals surface area contributed by atoms with Crippen LogP contribution in [0.2, 0.25) is 0 Å². The molecule has 3 nitrogen and oxygen atoms in total. The quantitative estimate of drug-likeness (QED) is 0.763. The molecule has 0 aliphatic heterocycles. The normalized spacial score (nSPS) is 42.7. The summed E-state index contributed by atoms with van der Waals surface area (Å²) in [6, 6.07) is 0. The predicted molar refractivity (Wildman–Crippen MR) is 63.6 cm³/mol. The molecule has 0 heterocycles. The first kappa shape index (κ1) is 11.3. The molecule has 0 unspecified atom stereocenters. The zero-order valence-electron chi connectivity index (χ0n) is 10.1. The molecule has 4 fully saturated rings. The number of rotatable bonds is 4. The van der Waals surface area contributed by atoms with E-state index in [2.05, 4.69) is 6.58 Å². The maximum Gasteiger partial charge on any atom is 0.333 e. The van der Waals surface area contributed by atoms with Gasteiger partial charge < -0.3 is 9.84 Å². The Labute approximate surface area is 102 Å². The summed E-state index contributed by atoms with van der Waals surface area (Å²) in [5, 5.41) is 8.78. The van der Waals surface area contributed by atoms with Crippen LogP contribution in [0.25, 0.3) is 0 Å². The van der Waals surface area contributed by atoms with E-state index in [0.29, 0.717) is 17.9 Å². The van der Waals surface area contributed by atoms with E-state index in [1.54, 1.807) is 0 Å². The lowest BCUT2D eigenvalue weighted by Gasteiger charge is -2.54. The Morgan fingerprint density at radius 1 is 1.12 bits per heavy atom. The highest BCUT2D eigenvalue weighted by Crippen LogP contribution is 2.54. The highest BCUT2D eigenvalue weighted by molar-refractivity contribution is 5.85. The average Bonchev–Trinajstić information content (AvgIpc) is 2.26. The second-order valence-corrected chi connectivity index (χ2v) is 6.12. The second kappa shape index (κ2) is 4.13. The largest absolute Gasteiger partial charge is 0.478 e. The Morgan fingerprint density at radius 2 is 1.65 bits per heavy atom. The van der Waals surface area contributed by atoms with Gasteiger partial charge in [0.2, 0.25) is 0 Å². The first-order valence-electron chi connectivity index (χ1n) is 6.66. The smallest absolute Gasteiger partial charge is 0.333 e. The fourth-order valence-electron chi connectivity index (χ4n) is 4.41. The van der Waals surface area contributed by atoms with Crippen LogP contribution in [0.1, 0.15) is 32.1 Å². The molecule has 0 amide bonds. The third kappa shape index (κ3) is 2.01. The van der Waals surface area contributed by atoms with Crippen LogP contribution in [-0.2, 0) is 9.53 Å². The van der Waals surface area contributed by atoms with Gasteiger partial charge in [-0.1, -0.05) is 6.58 Å². The summed E-state index contributed by atoms with van der Waals surface area (Å²) >= 11 is 0. The Hall–Kier alpha value is -0.830. The van der Waals surface area contributed by atoms with Crippen molar-refractivity contribution in [2.75, 3.05) is 6.61 Å². The topological polar surface area (TPSA) is 46.5 Å². The third-order valence-corrected chi connectivity index (χ3v) is 4.89. The Balaban J connectivity index is 1.61. The van der Waals surface area contributed by atoms with Gasteiger partial charge in [0.15, 0.2) is 0 Å². The van der Waals surface area contributed by atoms with E-state index < -0.39 is 5.97 Å². The van der Waals surface area contributed by atoms with Crippen LogP contribution in [0, 0.1) is 23.7 Å². The molecule has 0 aromatic carbocycles. The number of carboxylic acids is 1. The van der Waals surface area contributed by atoms with E-state index in [-0.39, 0.29) is 12.2 Å². The maximum atomic E-state index is 10.7. The molecule has 0 saturated heterocycles. The van der Waals surface area contributed by atoms with Crippen molar-refractivity contribution in [3.05, 3.63) is 12.2 Å². The molecule has 4 saturated carbocycles. The number of hydrogen-bond donors (Lipinski definition) is 1. The van der Waals surface area contributed by atoms with Crippen LogP contribution < -0.4 is 0 Å². The number of ether oxygens (including phenoxy) is 1. The summed E-state index contributed by atoms with van der Waals surface area (Å²) in [5.41, 5.74) is 0.179. The third-order valence-electron chi connectivity index (χ3n) is 4.89. The molecule has 4 aliphatic rings. The first-order valence-corrected chi connectivity index (χ1v) is 6.66. The number of carbonyl (C=O) groups is 1. The van der Waals surface area contributed by atoms with Crippen molar-refractivity contribution in [1.29, 1.82) is 0 Å². The van der Waals surface area contributed by atoms with Gasteiger partial charge in [-0.15, -0.1) is 0 Å². The molecule has 0 aromatic heterocycles. The molecule has 0 aromatic rings. The van der Waals surface area contributed by atoms with Gasteiger partial charge in [-0.2, -0.15) is 0 Å². The van der Waals surface area contributed by atoms with Crippen LogP contribution in [0.4, 0.5) is 0 Å². The van der Waals surface area contributed by atoms with Gasteiger partial charge in [0.1, 0.15) is 0 Å². The lowest BCUT2D eigenvalue weighted by atomic mass is 9.55. The van der Waals surface area contributed by atoms with Gasteiger partial charge >= 0.3 is 5.97 Å². The Bertz CT molecular complexity index is 319. The van der Waals surface area contributed by atoms with E-state index in [1.165, 1.54) is 32.1 Å². The van der Waals surface area contributed by atoms with Crippen molar-refractivity contribution >= 4 is 5.97 Å². The number of hydrogen-bond acceptors (Lipinski definition) is 2. The van der Waals surface area contributed by atoms with Crippen molar-refractivity contribution < 1.29 is 14.6 Å². The van der Waals surface area contributed by atoms with Gasteiger partial charge in [-0.3, -0.25) is 0 Å². The monoisotopic (exact) mass is 236 g/mol. The molecule has 1 N–H and O–H groups in total. The Morgan fingerprint density at radius 3 is 2.12 bits per heavy atom. The van der Waals surface area contributed by atoms with Crippen molar-refractivity contribution in [1.82, 2.24) is 0 Å². The summed E-state index contributed by atoms with van der Waals surface area (Å²) in [4.78, 5) is 10.7. The van der Waals surface area contributed by atoms with E-state index in [4.69, 9.17) is 9.84 Å². The molecule has 4 rings (SSSR count). The highest BCUT2D eigenvalue weighted by Gasteiger charge is 2.48. The molecule has 94 valence electrons. The summed E-state index contributed by atoms with van der Waals surface area (Å²) in [5.74, 6) is 2.30. The minimum Gasteiger partial charge on any atom is -0.478 e. The van der Waals surface area contributed by atoms with E-state index in [9.17, 15) is 4.79 Å². The lowest BCUT2D eigenvalue weighted by Crippen LogP contribution is -2.49. The fraction of sp³-hybridized carbons (Fsp3) is 0.786. The lowest BCUT2D eigenvalue weighted by molar-refractivity contribution is -0.138. The van der Waals surface area contributed by atoms with Crippen LogP contribution in [0.3, 0.4) is 0 Å². The highest BCUT2D eigenvalue weighted by atomic mass is 16.5. The number of aliphatic carboxylic acids is 1. The standard InChI is InChI=1S/C14H20O3/c1-8(14(15)16)7-17-13-11-3-9-2-10(5-11)6-12(13)4-9/h9-13H,1-7H2,(H,15,16). The molecule has 17 heavy (non-hydrogen) atoms. The van der Waals surface area contributed by atoms with Crippen molar-refractivity contribution in [3.63, 3.8) is 0 Å². The van der Waals surface area contributed by atoms with Gasteiger partial charge in [-0.05, 0) is 55.8 Å². The van der Waals surface area contributed by atoms with Gasteiger partial charge in [-0.25, -0.2) is 4.79 Å². The van der Waals surface area contributed by atoms with Crippen molar-refractivity contribution in [2.24, 2.45) is 23.7 Å². The van der Waals surface area contributed by atoms with Crippen LogP contribution >= 0.6 is 0 Å². The van der Waals surface area contributed by atoms with Gasteiger partial charge in [0.25, 0.3) is 0 Å². The summed E-state index contributed by atoms with van der Waals surface area (Å²) in [6.45, 7) is 3.73. The summed E-state index contributed by atoms with van der Waals surface area (Å²) in [6.07, 6.45) is 6.95. The number of carboxylic acid groups (broad SMARTS) is 1. The minimum atomic E-state index is -0.936. The molecular formula is C14H20O3. The minimum absolute atomic E-state index is 0.179. The summed E-state index contributed by atoms with van der Waals surface area (Å²) in [7, 11) is 0. The van der Waals surface area contributed by atoms with E-state index in [0.717, 1.165) is 11.8 Å². The molecule has 0 spiro atoms. The first-order chi connectivity index (χ1) is 8.13. The predicted octanol–water partition coefficient (Wildman–Crippen LogP) is 2.47. The zero-order valence-corrected chi connectivity index (χ0v) is 10.1.